The van der Waals surface area contributed by atoms with Crippen molar-refractivity contribution in [2.45, 2.75) is 33.2 Å². The van der Waals surface area contributed by atoms with Crippen LogP contribution >= 0.6 is 0 Å². The van der Waals surface area contributed by atoms with E-state index in [2.05, 4.69) is 24.5 Å². The van der Waals surface area contributed by atoms with Crippen molar-refractivity contribution in [2.24, 2.45) is 5.92 Å². The molecule has 0 saturated carbocycles. The van der Waals surface area contributed by atoms with Crippen LogP contribution in [0.3, 0.4) is 0 Å². The van der Waals surface area contributed by atoms with Crippen molar-refractivity contribution in [3.8, 4) is 0 Å². The first-order valence-corrected chi connectivity index (χ1v) is 6.29. The fourth-order valence-corrected chi connectivity index (χ4v) is 1.85. The van der Waals surface area contributed by atoms with Gasteiger partial charge in [0.2, 0.25) is 0 Å². The highest BCUT2D eigenvalue weighted by Crippen LogP contribution is 2.10. The maximum Gasteiger partial charge on any atom is 0.335 e. The molecule has 0 aliphatic heterocycles. The van der Waals surface area contributed by atoms with E-state index >= 15 is 0 Å². The predicted octanol–water partition coefficient (Wildman–Crippen LogP) is 2.94. The molecule has 1 aromatic carbocycles. The topological polar surface area (TPSA) is 78.4 Å². The molecule has 0 bridgehead atoms. The maximum absolute atomic E-state index is 11.7. The second-order valence-corrected chi connectivity index (χ2v) is 5.01. The van der Waals surface area contributed by atoms with E-state index in [1.165, 1.54) is 12.1 Å². The normalized spacial score (nSPS) is 12.0. The summed E-state index contributed by atoms with van der Waals surface area (Å²) in [5, 5.41) is 14.3. The lowest BCUT2D eigenvalue weighted by Gasteiger charge is -2.16. The van der Waals surface area contributed by atoms with Crippen molar-refractivity contribution >= 4 is 17.7 Å². The molecule has 5 nitrogen and oxygen atoms in total. The molecular weight excluding hydrogens is 244 g/mol. The minimum Gasteiger partial charge on any atom is -0.478 e. The lowest BCUT2D eigenvalue weighted by Crippen LogP contribution is -2.36. The first-order chi connectivity index (χ1) is 8.88. The number of carboxylic acid groups (broad SMARTS) is 1. The van der Waals surface area contributed by atoms with Crippen molar-refractivity contribution in [3.05, 3.63) is 29.8 Å². The molecule has 1 rings (SSSR count). The van der Waals surface area contributed by atoms with E-state index in [-0.39, 0.29) is 17.6 Å². The second kappa shape index (κ2) is 6.78. The Bertz CT molecular complexity index is 441. The van der Waals surface area contributed by atoms with Crippen molar-refractivity contribution < 1.29 is 14.7 Å². The smallest absolute Gasteiger partial charge is 0.335 e. The van der Waals surface area contributed by atoms with Crippen LogP contribution in [0.25, 0.3) is 0 Å². The number of nitrogens with one attached hydrogen (secondary N) is 2. The van der Waals surface area contributed by atoms with Crippen molar-refractivity contribution in [1.82, 2.24) is 5.32 Å². The monoisotopic (exact) mass is 264 g/mol. The molecule has 1 unspecified atom stereocenters. The van der Waals surface area contributed by atoms with Gasteiger partial charge < -0.3 is 15.7 Å². The molecule has 0 aliphatic carbocycles. The summed E-state index contributed by atoms with van der Waals surface area (Å²) in [5.41, 5.74) is 0.762. The highest BCUT2D eigenvalue weighted by molar-refractivity contribution is 5.91. The van der Waals surface area contributed by atoms with Crippen LogP contribution in [-0.2, 0) is 0 Å². The number of aromatic carboxylic acids is 1. The van der Waals surface area contributed by atoms with Gasteiger partial charge in [-0.3, -0.25) is 0 Å². The molecular formula is C14H20N2O3. The van der Waals surface area contributed by atoms with Crippen LogP contribution in [0.1, 0.15) is 37.6 Å². The summed E-state index contributed by atoms with van der Waals surface area (Å²) in [6, 6.07) is 5.85. The average molecular weight is 264 g/mol. The largest absolute Gasteiger partial charge is 0.478 e. The van der Waals surface area contributed by atoms with Crippen molar-refractivity contribution in [3.63, 3.8) is 0 Å². The molecule has 104 valence electrons. The van der Waals surface area contributed by atoms with E-state index < -0.39 is 5.97 Å². The van der Waals surface area contributed by atoms with Crippen LogP contribution in [0.4, 0.5) is 10.5 Å². The Morgan fingerprint density at radius 1 is 1.16 bits per heavy atom. The van der Waals surface area contributed by atoms with Gasteiger partial charge >= 0.3 is 12.0 Å². The third kappa shape index (κ3) is 5.42. The molecule has 0 aromatic heterocycles. The fraction of sp³-hybridized carbons (Fsp3) is 0.429. The van der Waals surface area contributed by atoms with Gasteiger partial charge in [0.05, 0.1) is 5.56 Å². The number of anilines is 1. The fourth-order valence-electron chi connectivity index (χ4n) is 1.85. The Morgan fingerprint density at radius 3 is 2.21 bits per heavy atom. The Balaban J connectivity index is 2.50. The third-order valence-electron chi connectivity index (χ3n) is 2.59. The third-order valence-corrected chi connectivity index (χ3v) is 2.59. The number of carboxylic acids is 1. The van der Waals surface area contributed by atoms with Gasteiger partial charge in [-0.1, -0.05) is 13.8 Å². The van der Waals surface area contributed by atoms with Gasteiger partial charge in [0.15, 0.2) is 0 Å². The number of hydrogen-bond donors (Lipinski definition) is 3. The zero-order valence-corrected chi connectivity index (χ0v) is 11.4. The van der Waals surface area contributed by atoms with E-state index in [4.69, 9.17) is 5.11 Å². The summed E-state index contributed by atoms with van der Waals surface area (Å²) in [6.07, 6.45) is 0.908. The Kier molecular flexibility index (Phi) is 5.36. The first kappa shape index (κ1) is 15.0. The van der Waals surface area contributed by atoms with Gasteiger partial charge in [-0.15, -0.1) is 0 Å². The lowest BCUT2D eigenvalue weighted by molar-refractivity contribution is 0.0697. The number of carbonyl (C=O) groups excluding carboxylic acids is 1. The van der Waals surface area contributed by atoms with Gasteiger partial charge in [-0.05, 0) is 43.5 Å². The Morgan fingerprint density at radius 2 is 1.74 bits per heavy atom. The van der Waals surface area contributed by atoms with Crippen LogP contribution in [0.5, 0.6) is 0 Å². The van der Waals surface area contributed by atoms with Gasteiger partial charge in [-0.2, -0.15) is 0 Å². The quantitative estimate of drug-likeness (QED) is 0.765. The summed E-state index contributed by atoms with van der Waals surface area (Å²) in [4.78, 5) is 22.4. The van der Waals surface area contributed by atoms with Crippen molar-refractivity contribution in [2.75, 3.05) is 5.32 Å². The van der Waals surface area contributed by atoms with Crippen LogP contribution in [0, 0.1) is 5.92 Å². The lowest BCUT2D eigenvalue weighted by atomic mass is 10.1. The number of carbonyl (C=O) groups is 2. The predicted molar refractivity (Wildman–Crippen MR) is 74.5 cm³/mol. The van der Waals surface area contributed by atoms with Crippen LogP contribution < -0.4 is 10.6 Å². The summed E-state index contributed by atoms with van der Waals surface area (Å²) < 4.78 is 0. The minimum atomic E-state index is -0.985. The molecule has 0 fully saturated rings. The van der Waals surface area contributed by atoms with Crippen molar-refractivity contribution in [1.29, 1.82) is 0 Å². The number of benzene rings is 1. The van der Waals surface area contributed by atoms with E-state index in [0.717, 1.165) is 6.42 Å². The standard InChI is InChI=1S/C14H20N2O3/c1-9(2)8-10(3)15-14(19)16-12-6-4-11(5-7-12)13(17)18/h4-7,9-10H,8H2,1-3H3,(H,17,18)(H2,15,16,19). The Labute approximate surface area is 113 Å². The molecule has 1 atom stereocenters. The number of rotatable bonds is 5. The summed E-state index contributed by atoms with van der Waals surface area (Å²) in [6.45, 7) is 6.15. The SMILES string of the molecule is CC(C)CC(C)NC(=O)Nc1ccc(C(=O)O)cc1. The van der Waals surface area contributed by atoms with Gasteiger partial charge in [0, 0.05) is 11.7 Å². The molecule has 0 aliphatic rings. The summed E-state index contributed by atoms with van der Waals surface area (Å²) in [7, 11) is 0. The van der Waals surface area contributed by atoms with E-state index in [9.17, 15) is 9.59 Å². The van der Waals surface area contributed by atoms with Gasteiger partial charge in [-0.25, -0.2) is 9.59 Å². The Hall–Kier alpha value is -2.04. The zero-order valence-electron chi connectivity index (χ0n) is 11.4. The number of urea groups is 1. The summed E-state index contributed by atoms with van der Waals surface area (Å²) >= 11 is 0. The van der Waals surface area contributed by atoms with Crippen LogP contribution in [0.15, 0.2) is 24.3 Å². The average Bonchev–Trinajstić information content (AvgIpc) is 2.27. The van der Waals surface area contributed by atoms with Gasteiger partial charge in [0.25, 0.3) is 0 Å². The number of amides is 2. The molecule has 0 radical (unpaired) electrons. The van der Waals surface area contributed by atoms with Gasteiger partial charge in [0.1, 0.15) is 0 Å². The molecule has 0 spiro atoms. The highest BCUT2D eigenvalue weighted by atomic mass is 16.4. The number of hydrogen-bond acceptors (Lipinski definition) is 2. The molecule has 19 heavy (non-hydrogen) atoms. The first-order valence-electron chi connectivity index (χ1n) is 6.29. The highest BCUT2D eigenvalue weighted by Gasteiger charge is 2.09. The molecule has 0 heterocycles. The van der Waals surface area contributed by atoms with Crippen LogP contribution in [0.2, 0.25) is 0 Å². The van der Waals surface area contributed by atoms with Crippen LogP contribution in [-0.4, -0.2) is 23.1 Å². The summed E-state index contributed by atoms with van der Waals surface area (Å²) in [5.74, 6) is -0.466. The van der Waals surface area contributed by atoms with E-state index in [0.29, 0.717) is 11.6 Å². The molecule has 0 saturated heterocycles. The molecule has 2 amide bonds. The minimum absolute atomic E-state index is 0.0956. The molecule has 3 N–H and O–H groups in total. The molecule has 1 aromatic rings. The van der Waals surface area contributed by atoms with E-state index in [1.54, 1.807) is 12.1 Å². The zero-order chi connectivity index (χ0) is 14.4. The maximum atomic E-state index is 11.7. The second-order valence-electron chi connectivity index (χ2n) is 5.01. The molecule has 5 heteroatoms. The van der Waals surface area contributed by atoms with E-state index in [1.807, 2.05) is 6.92 Å².